The van der Waals surface area contributed by atoms with E-state index in [2.05, 4.69) is 0 Å². The molecule has 0 amide bonds. The van der Waals surface area contributed by atoms with Crippen LogP contribution in [0, 0.1) is 17.3 Å². The third kappa shape index (κ3) is 4.40. The number of carbonyl (C=O) groups excluding carboxylic acids is 3. The van der Waals surface area contributed by atoms with Crippen LogP contribution in [0.4, 0.5) is 0 Å². The summed E-state index contributed by atoms with van der Waals surface area (Å²) in [4.78, 5) is 36.6. The smallest absolute Gasteiger partial charge is 0.333 e. The molecule has 2 aliphatic carbocycles. The van der Waals surface area contributed by atoms with Crippen molar-refractivity contribution in [1.29, 1.82) is 0 Å². The molecule has 27 heavy (non-hydrogen) atoms. The van der Waals surface area contributed by atoms with E-state index < -0.39 is 12.1 Å². The SMILES string of the molecule is CCC=CCC1=C(C)[C@@H](OC(=O)[C@@H]2[C@@H](C=C(C)C(=O)OC)C2(C)C)CC1=O. The van der Waals surface area contributed by atoms with Gasteiger partial charge in [0.1, 0.15) is 6.10 Å². The van der Waals surface area contributed by atoms with E-state index in [0.717, 1.165) is 17.6 Å². The lowest BCUT2D eigenvalue weighted by Gasteiger charge is -2.13. The largest absolute Gasteiger partial charge is 0.466 e. The van der Waals surface area contributed by atoms with Crippen molar-refractivity contribution in [2.24, 2.45) is 17.3 Å². The van der Waals surface area contributed by atoms with Crippen molar-refractivity contribution < 1.29 is 23.9 Å². The molecule has 5 nitrogen and oxygen atoms in total. The fraction of sp³-hybridized carbons (Fsp3) is 0.591. The second-order valence-corrected chi connectivity index (χ2v) is 7.96. The molecule has 1 fully saturated rings. The number of allylic oxidation sites excluding steroid dienone is 4. The molecule has 3 atom stereocenters. The second kappa shape index (κ2) is 8.24. The minimum absolute atomic E-state index is 0.0547. The number of rotatable bonds is 7. The number of esters is 2. The van der Waals surface area contributed by atoms with E-state index >= 15 is 0 Å². The maximum Gasteiger partial charge on any atom is 0.333 e. The van der Waals surface area contributed by atoms with Crippen LogP contribution in [0.5, 0.6) is 0 Å². The van der Waals surface area contributed by atoms with Gasteiger partial charge >= 0.3 is 11.9 Å². The Hall–Kier alpha value is -2.17. The number of carbonyl (C=O) groups is 3. The molecule has 1 saturated carbocycles. The van der Waals surface area contributed by atoms with E-state index in [9.17, 15) is 14.4 Å². The van der Waals surface area contributed by atoms with Crippen LogP contribution in [-0.4, -0.2) is 30.9 Å². The molecule has 0 heterocycles. The molecular weight excluding hydrogens is 344 g/mol. The van der Waals surface area contributed by atoms with Crippen molar-refractivity contribution in [3.63, 3.8) is 0 Å². The zero-order valence-electron chi connectivity index (χ0n) is 17.1. The molecule has 2 aliphatic rings. The van der Waals surface area contributed by atoms with Crippen LogP contribution in [-0.2, 0) is 23.9 Å². The number of ether oxygens (including phenoxy) is 2. The zero-order valence-corrected chi connectivity index (χ0v) is 17.1. The molecule has 0 aliphatic heterocycles. The maximum atomic E-state index is 12.7. The summed E-state index contributed by atoms with van der Waals surface area (Å²) in [6.07, 6.45) is 7.07. The Bertz CT molecular complexity index is 723. The van der Waals surface area contributed by atoms with Crippen LogP contribution >= 0.6 is 0 Å². The van der Waals surface area contributed by atoms with Gasteiger partial charge in [-0.15, -0.1) is 0 Å². The Morgan fingerprint density at radius 2 is 1.93 bits per heavy atom. The topological polar surface area (TPSA) is 69.7 Å². The van der Waals surface area contributed by atoms with Crippen LogP contribution in [0.2, 0.25) is 0 Å². The van der Waals surface area contributed by atoms with Gasteiger partial charge in [-0.2, -0.15) is 0 Å². The van der Waals surface area contributed by atoms with E-state index in [1.807, 2.05) is 39.8 Å². The number of hydrogen-bond donors (Lipinski definition) is 0. The van der Waals surface area contributed by atoms with Gasteiger partial charge in [-0.25, -0.2) is 4.79 Å². The zero-order chi connectivity index (χ0) is 20.4. The van der Waals surface area contributed by atoms with Crippen LogP contribution in [0.1, 0.15) is 53.9 Å². The summed E-state index contributed by atoms with van der Waals surface area (Å²) >= 11 is 0. The summed E-state index contributed by atoms with van der Waals surface area (Å²) in [5, 5.41) is 0. The normalized spacial score (nSPS) is 27.3. The Morgan fingerprint density at radius 3 is 2.52 bits per heavy atom. The van der Waals surface area contributed by atoms with Crippen molar-refractivity contribution in [1.82, 2.24) is 0 Å². The Labute approximate surface area is 161 Å². The minimum Gasteiger partial charge on any atom is -0.466 e. The predicted molar refractivity (Wildman–Crippen MR) is 103 cm³/mol. The second-order valence-electron chi connectivity index (χ2n) is 7.96. The molecule has 148 valence electrons. The van der Waals surface area contributed by atoms with Crippen molar-refractivity contribution in [3.8, 4) is 0 Å². The standard InChI is InChI=1S/C22H30O5/c1-7-8-9-10-15-14(3)18(12-17(15)23)27-21(25)19-16(22(19,4)5)11-13(2)20(24)26-6/h8-9,11,16,18-19H,7,10,12H2,1-6H3/t16-,18+,19+/m1/s1. The summed E-state index contributed by atoms with van der Waals surface area (Å²) < 4.78 is 10.4. The number of hydrogen-bond acceptors (Lipinski definition) is 5. The van der Waals surface area contributed by atoms with Crippen LogP contribution in [0.25, 0.3) is 0 Å². The van der Waals surface area contributed by atoms with Gasteiger partial charge in [0.2, 0.25) is 0 Å². The molecule has 2 rings (SSSR count). The minimum atomic E-state index is -0.474. The van der Waals surface area contributed by atoms with E-state index in [0.29, 0.717) is 12.0 Å². The van der Waals surface area contributed by atoms with Crippen molar-refractivity contribution in [3.05, 3.63) is 34.9 Å². The van der Waals surface area contributed by atoms with Gasteiger partial charge in [0, 0.05) is 11.1 Å². The molecular formula is C22H30O5. The molecule has 0 N–H and O–H groups in total. The molecule has 0 aromatic heterocycles. The fourth-order valence-electron chi connectivity index (χ4n) is 3.78. The fourth-order valence-corrected chi connectivity index (χ4v) is 3.78. The van der Waals surface area contributed by atoms with Gasteiger partial charge in [-0.05, 0) is 43.6 Å². The highest BCUT2D eigenvalue weighted by Crippen LogP contribution is 2.60. The Morgan fingerprint density at radius 1 is 1.26 bits per heavy atom. The summed E-state index contributed by atoms with van der Waals surface area (Å²) in [5.74, 6) is -1.03. The summed E-state index contributed by atoms with van der Waals surface area (Å²) in [5.41, 5.74) is 1.82. The lowest BCUT2D eigenvalue weighted by atomic mass is 10.1. The average molecular weight is 374 g/mol. The van der Waals surface area contributed by atoms with Gasteiger partial charge in [0.05, 0.1) is 19.4 Å². The van der Waals surface area contributed by atoms with E-state index in [4.69, 9.17) is 9.47 Å². The molecule has 0 radical (unpaired) electrons. The van der Waals surface area contributed by atoms with Crippen molar-refractivity contribution >= 4 is 17.7 Å². The molecule has 0 unspecified atom stereocenters. The predicted octanol–water partition coefficient (Wildman–Crippen LogP) is 3.94. The summed E-state index contributed by atoms with van der Waals surface area (Å²) in [6, 6.07) is 0. The van der Waals surface area contributed by atoms with Gasteiger partial charge in [0.15, 0.2) is 5.78 Å². The lowest BCUT2D eigenvalue weighted by Crippen LogP contribution is -2.20. The first-order valence-corrected chi connectivity index (χ1v) is 9.50. The quantitative estimate of drug-likeness (QED) is 0.384. The Balaban J connectivity index is 2.06. The molecule has 0 spiro atoms. The van der Waals surface area contributed by atoms with Gasteiger partial charge in [0.25, 0.3) is 0 Å². The maximum absolute atomic E-state index is 12.7. The third-order valence-corrected chi connectivity index (χ3v) is 5.75. The van der Waals surface area contributed by atoms with Gasteiger partial charge in [-0.1, -0.05) is 39.0 Å². The summed E-state index contributed by atoms with van der Waals surface area (Å²) in [7, 11) is 1.34. The van der Waals surface area contributed by atoms with Gasteiger partial charge in [-0.3, -0.25) is 9.59 Å². The highest BCUT2D eigenvalue weighted by Gasteiger charge is 2.62. The van der Waals surface area contributed by atoms with E-state index in [1.54, 1.807) is 13.0 Å². The van der Waals surface area contributed by atoms with Gasteiger partial charge < -0.3 is 9.47 Å². The highest BCUT2D eigenvalue weighted by molar-refractivity contribution is 6.00. The highest BCUT2D eigenvalue weighted by atomic mass is 16.5. The van der Waals surface area contributed by atoms with Crippen molar-refractivity contribution in [2.45, 2.75) is 60.0 Å². The Kier molecular flexibility index (Phi) is 6.45. The first kappa shape index (κ1) is 21.1. The van der Waals surface area contributed by atoms with Crippen LogP contribution in [0.15, 0.2) is 34.9 Å². The molecule has 5 heteroatoms. The molecule has 0 aromatic rings. The molecule has 0 bridgehead atoms. The number of Topliss-reactive ketones (excluding diaryl/α,β-unsaturated/α-hetero) is 1. The average Bonchev–Trinajstić information content (AvgIpc) is 3.05. The summed E-state index contributed by atoms with van der Waals surface area (Å²) in [6.45, 7) is 9.56. The number of ketones is 1. The first-order valence-electron chi connectivity index (χ1n) is 9.50. The van der Waals surface area contributed by atoms with Crippen LogP contribution < -0.4 is 0 Å². The monoisotopic (exact) mass is 374 g/mol. The van der Waals surface area contributed by atoms with Crippen molar-refractivity contribution in [2.75, 3.05) is 7.11 Å². The van der Waals surface area contributed by atoms with E-state index in [1.165, 1.54) is 7.11 Å². The third-order valence-electron chi connectivity index (χ3n) is 5.75. The lowest BCUT2D eigenvalue weighted by molar-refractivity contribution is -0.150. The first-order chi connectivity index (χ1) is 12.6. The van der Waals surface area contributed by atoms with E-state index in [-0.39, 0.29) is 35.4 Å². The molecule has 0 aromatic carbocycles. The van der Waals surface area contributed by atoms with Crippen LogP contribution in [0.3, 0.4) is 0 Å². The molecule has 0 saturated heterocycles. The number of methoxy groups -OCH3 is 1.